The van der Waals surface area contributed by atoms with Gasteiger partial charge in [0.1, 0.15) is 11.6 Å². The molecule has 1 heterocycles. The minimum Gasteiger partial charge on any atom is -0.496 e. The molecule has 144 valence electrons. The van der Waals surface area contributed by atoms with E-state index in [2.05, 4.69) is 34.7 Å². The number of rotatable bonds is 7. The Morgan fingerprint density at radius 3 is 2.39 bits per heavy atom. The second-order valence-electron chi connectivity index (χ2n) is 6.70. The molecule has 0 unspecified atom stereocenters. The van der Waals surface area contributed by atoms with E-state index < -0.39 is 0 Å². The zero-order chi connectivity index (χ0) is 19.9. The molecule has 0 aliphatic carbocycles. The quantitative estimate of drug-likeness (QED) is 0.636. The van der Waals surface area contributed by atoms with Crippen LogP contribution in [-0.2, 0) is 6.54 Å². The molecule has 0 spiro atoms. The smallest absolute Gasteiger partial charge is 0.276 e. The van der Waals surface area contributed by atoms with Crippen LogP contribution in [-0.4, -0.2) is 23.2 Å². The van der Waals surface area contributed by atoms with E-state index in [1.165, 1.54) is 5.56 Å². The fourth-order valence-electron chi connectivity index (χ4n) is 2.73. The van der Waals surface area contributed by atoms with Crippen LogP contribution in [0.1, 0.15) is 41.4 Å². The molecule has 2 aromatic carbocycles. The van der Waals surface area contributed by atoms with Crippen LogP contribution in [0.4, 0.5) is 11.5 Å². The third-order valence-electron chi connectivity index (χ3n) is 4.38. The highest BCUT2D eigenvalue weighted by Crippen LogP contribution is 2.19. The number of carbonyl (C=O) groups excluding carboxylic acids is 1. The third-order valence-corrected chi connectivity index (χ3v) is 4.38. The van der Waals surface area contributed by atoms with Crippen molar-refractivity contribution in [2.45, 2.75) is 26.3 Å². The predicted molar refractivity (Wildman–Crippen MR) is 111 cm³/mol. The van der Waals surface area contributed by atoms with E-state index in [1.807, 2.05) is 48.5 Å². The van der Waals surface area contributed by atoms with Crippen molar-refractivity contribution in [3.05, 3.63) is 77.5 Å². The van der Waals surface area contributed by atoms with E-state index in [0.717, 1.165) is 17.0 Å². The maximum atomic E-state index is 12.4. The van der Waals surface area contributed by atoms with E-state index in [-0.39, 0.29) is 11.6 Å². The summed E-state index contributed by atoms with van der Waals surface area (Å²) in [6.45, 7) is 4.81. The predicted octanol–water partition coefficient (Wildman–Crippen LogP) is 4.47. The number of para-hydroxylation sites is 1. The standard InChI is InChI=1S/C22H24N4O2/c1-15(2)16-8-10-18(11-9-16)24-22(27)19-12-13-21(26-25-19)23-14-17-6-4-5-7-20(17)28-3/h4-13,15H,14H2,1-3H3,(H,23,26)(H,24,27). The number of anilines is 2. The highest BCUT2D eigenvalue weighted by molar-refractivity contribution is 6.02. The Labute approximate surface area is 165 Å². The van der Waals surface area contributed by atoms with Crippen LogP contribution < -0.4 is 15.4 Å². The summed E-state index contributed by atoms with van der Waals surface area (Å²) in [5.74, 6) is 1.55. The molecule has 0 aliphatic rings. The molecule has 0 aliphatic heterocycles. The Morgan fingerprint density at radius 1 is 1.00 bits per heavy atom. The summed E-state index contributed by atoms with van der Waals surface area (Å²) in [7, 11) is 1.64. The van der Waals surface area contributed by atoms with E-state index in [4.69, 9.17) is 4.74 Å². The molecule has 0 radical (unpaired) electrons. The summed E-state index contributed by atoms with van der Waals surface area (Å²) >= 11 is 0. The van der Waals surface area contributed by atoms with Crippen LogP contribution in [0.25, 0.3) is 0 Å². The van der Waals surface area contributed by atoms with Crippen molar-refractivity contribution in [1.29, 1.82) is 0 Å². The number of aromatic nitrogens is 2. The molecule has 3 rings (SSSR count). The van der Waals surface area contributed by atoms with Crippen molar-refractivity contribution >= 4 is 17.4 Å². The number of amides is 1. The van der Waals surface area contributed by atoms with Crippen LogP contribution in [0, 0.1) is 0 Å². The van der Waals surface area contributed by atoms with Gasteiger partial charge >= 0.3 is 0 Å². The second-order valence-corrected chi connectivity index (χ2v) is 6.70. The molecule has 6 nitrogen and oxygen atoms in total. The molecule has 0 saturated carbocycles. The van der Waals surface area contributed by atoms with Gasteiger partial charge in [0.05, 0.1) is 7.11 Å². The third kappa shape index (κ3) is 4.85. The van der Waals surface area contributed by atoms with Gasteiger partial charge in [-0.25, -0.2) is 0 Å². The highest BCUT2D eigenvalue weighted by Gasteiger charge is 2.10. The topological polar surface area (TPSA) is 76.1 Å². The molecule has 0 fully saturated rings. The number of hydrogen-bond donors (Lipinski definition) is 2. The molecule has 0 bridgehead atoms. The van der Waals surface area contributed by atoms with E-state index >= 15 is 0 Å². The van der Waals surface area contributed by atoms with Gasteiger partial charge in [0.15, 0.2) is 5.69 Å². The van der Waals surface area contributed by atoms with Crippen molar-refractivity contribution in [1.82, 2.24) is 10.2 Å². The number of nitrogens with one attached hydrogen (secondary N) is 2. The maximum Gasteiger partial charge on any atom is 0.276 e. The monoisotopic (exact) mass is 376 g/mol. The first-order chi connectivity index (χ1) is 13.6. The summed E-state index contributed by atoms with van der Waals surface area (Å²) in [6.07, 6.45) is 0. The number of carbonyl (C=O) groups is 1. The average molecular weight is 376 g/mol. The lowest BCUT2D eigenvalue weighted by Crippen LogP contribution is -2.15. The molecule has 3 aromatic rings. The van der Waals surface area contributed by atoms with Crippen molar-refractivity contribution in [3.8, 4) is 5.75 Å². The molecule has 2 N–H and O–H groups in total. The van der Waals surface area contributed by atoms with Gasteiger partial charge in [0.25, 0.3) is 5.91 Å². The Kier molecular flexibility index (Phi) is 6.22. The minimum atomic E-state index is -0.291. The number of hydrogen-bond acceptors (Lipinski definition) is 5. The summed E-state index contributed by atoms with van der Waals surface area (Å²) in [5, 5.41) is 14.1. The number of methoxy groups -OCH3 is 1. The van der Waals surface area contributed by atoms with Gasteiger partial charge in [-0.05, 0) is 41.8 Å². The summed E-state index contributed by atoms with van der Waals surface area (Å²) in [5.41, 5.74) is 3.23. The highest BCUT2D eigenvalue weighted by atomic mass is 16.5. The van der Waals surface area contributed by atoms with Crippen molar-refractivity contribution in [2.75, 3.05) is 17.7 Å². The Balaban J connectivity index is 1.59. The zero-order valence-corrected chi connectivity index (χ0v) is 16.3. The second kappa shape index (κ2) is 8.99. The molecular weight excluding hydrogens is 352 g/mol. The van der Waals surface area contributed by atoms with Gasteiger partial charge in [-0.1, -0.05) is 44.2 Å². The van der Waals surface area contributed by atoms with Gasteiger partial charge in [-0.2, -0.15) is 0 Å². The van der Waals surface area contributed by atoms with E-state index in [0.29, 0.717) is 18.3 Å². The van der Waals surface area contributed by atoms with Crippen LogP contribution >= 0.6 is 0 Å². The Hall–Kier alpha value is -3.41. The van der Waals surface area contributed by atoms with Crippen LogP contribution in [0.15, 0.2) is 60.7 Å². The Morgan fingerprint density at radius 2 is 1.75 bits per heavy atom. The van der Waals surface area contributed by atoms with Gasteiger partial charge in [-0.15, -0.1) is 10.2 Å². The normalized spacial score (nSPS) is 10.6. The lowest BCUT2D eigenvalue weighted by molar-refractivity contribution is 0.102. The summed E-state index contributed by atoms with van der Waals surface area (Å²) < 4.78 is 5.33. The van der Waals surface area contributed by atoms with Gasteiger partial charge in [-0.3, -0.25) is 4.79 Å². The van der Waals surface area contributed by atoms with E-state index in [1.54, 1.807) is 19.2 Å². The fourth-order valence-corrected chi connectivity index (χ4v) is 2.73. The van der Waals surface area contributed by atoms with Gasteiger partial charge < -0.3 is 15.4 Å². The molecule has 0 atom stereocenters. The molecule has 28 heavy (non-hydrogen) atoms. The molecule has 6 heteroatoms. The lowest BCUT2D eigenvalue weighted by atomic mass is 10.0. The summed E-state index contributed by atoms with van der Waals surface area (Å²) in [6, 6.07) is 18.9. The fraction of sp³-hybridized carbons (Fsp3) is 0.227. The largest absolute Gasteiger partial charge is 0.496 e. The lowest BCUT2D eigenvalue weighted by Gasteiger charge is -2.10. The first kappa shape index (κ1) is 19.4. The van der Waals surface area contributed by atoms with Gasteiger partial charge in [0, 0.05) is 17.8 Å². The molecule has 0 saturated heterocycles. The summed E-state index contributed by atoms with van der Waals surface area (Å²) in [4.78, 5) is 12.4. The molecular formula is C22H24N4O2. The van der Waals surface area contributed by atoms with Crippen molar-refractivity contribution in [2.24, 2.45) is 0 Å². The average Bonchev–Trinajstić information content (AvgIpc) is 2.73. The minimum absolute atomic E-state index is 0.260. The number of ether oxygens (including phenoxy) is 1. The molecule has 1 aromatic heterocycles. The van der Waals surface area contributed by atoms with Crippen LogP contribution in [0.2, 0.25) is 0 Å². The zero-order valence-electron chi connectivity index (χ0n) is 16.3. The van der Waals surface area contributed by atoms with Crippen LogP contribution in [0.5, 0.6) is 5.75 Å². The van der Waals surface area contributed by atoms with Crippen LogP contribution in [0.3, 0.4) is 0 Å². The Bertz CT molecular complexity index is 922. The number of nitrogens with zero attached hydrogens (tertiary/aromatic N) is 2. The number of benzene rings is 2. The SMILES string of the molecule is COc1ccccc1CNc1ccc(C(=O)Nc2ccc(C(C)C)cc2)nn1. The first-order valence-corrected chi connectivity index (χ1v) is 9.17. The first-order valence-electron chi connectivity index (χ1n) is 9.17. The van der Waals surface area contributed by atoms with Crippen molar-refractivity contribution < 1.29 is 9.53 Å². The molecule has 1 amide bonds. The van der Waals surface area contributed by atoms with Gasteiger partial charge in [0.2, 0.25) is 0 Å². The van der Waals surface area contributed by atoms with E-state index in [9.17, 15) is 4.79 Å². The van der Waals surface area contributed by atoms with Crippen molar-refractivity contribution in [3.63, 3.8) is 0 Å². The maximum absolute atomic E-state index is 12.4.